The van der Waals surface area contributed by atoms with Gasteiger partial charge in [0, 0.05) is 12.6 Å². The first-order valence-electron chi connectivity index (χ1n) is 4.66. The first-order valence-corrected chi connectivity index (χ1v) is 4.66. The number of rotatable bonds is 5. The Kier molecular flexibility index (Phi) is 5.15. The van der Waals surface area contributed by atoms with E-state index >= 15 is 0 Å². The lowest BCUT2D eigenvalue weighted by Gasteiger charge is -2.24. The number of hydrogen-bond acceptors (Lipinski definition) is 3. The quantitative estimate of drug-likeness (QED) is 0.652. The summed E-state index contributed by atoms with van der Waals surface area (Å²) in [6.45, 7) is 5.32. The zero-order valence-corrected chi connectivity index (χ0v) is 8.86. The highest BCUT2D eigenvalue weighted by molar-refractivity contribution is 5.83. The number of aliphatic carboxylic acids is 1. The molecule has 82 valence electrons. The minimum absolute atomic E-state index is 0.204. The van der Waals surface area contributed by atoms with Gasteiger partial charge >= 0.3 is 5.97 Å². The van der Waals surface area contributed by atoms with Crippen LogP contribution in [-0.2, 0) is 9.59 Å². The molecule has 0 saturated carbocycles. The maximum Gasteiger partial charge on any atom is 0.323 e. The summed E-state index contributed by atoms with van der Waals surface area (Å²) in [6, 6.07) is -0.259. The van der Waals surface area contributed by atoms with Crippen LogP contribution in [-0.4, -0.2) is 41.0 Å². The zero-order valence-electron chi connectivity index (χ0n) is 8.86. The molecule has 0 aliphatic heterocycles. The third-order valence-corrected chi connectivity index (χ3v) is 2.20. The molecular formula is C9H18N2O3. The van der Waals surface area contributed by atoms with E-state index in [1.165, 1.54) is 4.90 Å². The van der Waals surface area contributed by atoms with Gasteiger partial charge in [-0.1, -0.05) is 6.92 Å². The molecule has 3 N–H and O–H groups in total. The van der Waals surface area contributed by atoms with Crippen molar-refractivity contribution in [1.29, 1.82) is 0 Å². The van der Waals surface area contributed by atoms with Crippen molar-refractivity contribution in [3.8, 4) is 0 Å². The van der Waals surface area contributed by atoms with Gasteiger partial charge in [0.2, 0.25) is 5.91 Å². The summed E-state index contributed by atoms with van der Waals surface area (Å²) >= 11 is 0. The maximum atomic E-state index is 11.6. The van der Waals surface area contributed by atoms with Gasteiger partial charge in [-0.15, -0.1) is 0 Å². The SMILES string of the molecule is CCN(CC(=O)O)C(=O)C(C)C(C)N. The minimum atomic E-state index is -1.00. The monoisotopic (exact) mass is 202 g/mol. The zero-order chi connectivity index (χ0) is 11.3. The lowest BCUT2D eigenvalue weighted by atomic mass is 10.0. The van der Waals surface area contributed by atoms with E-state index < -0.39 is 5.97 Å². The van der Waals surface area contributed by atoms with Crippen LogP contribution < -0.4 is 5.73 Å². The number of carbonyl (C=O) groups excluding carboxylic acids is 1. The van der Waals surface area contributed by atoms with Crippen molar-refractivity contribution in [1.82, 2.24) is 4.90 Å². The lowest BCUT2D eigenvalue weighted by Crippen LogP contribution is -2.43. The summed E-state index contributed by atoms with van der Waals surface area (Å²) in [5, 5.41) is 8.56. The van der Waals surface area contributed by atoms with Gasteiger partial charge in [-0.05, 0) is 13.8 Å². The summed E-state index contributed by atoms with van der Waals surface area (Å²) < 4.78 is 0. The Morgan fingerprint density at radius 3 is 2.21 bits per heavy atom. The highest BCUT2D eigenvalue weighted by atomic mass is 16.4. The Labute approximate surface area is 83.9 Å². The third-order valence-electron chi connectivity index (χ3n) is 2.20. The van der Waals surface area contributed by atoms with E-state index in [0.29, 0.717) is 6.54 Å². The van der Waals surface area contributed by atoms with Gasteiger partial charge in [-0.3, -0.25) is 9.59 Å². The Morgan fingerprint density at radius 1 is 1.43 bits per heavy atom. The molecule has 0 rings (SSSR count). The van der Waals surface area contributed by atoms with Crippen LogP contribution in [0.2, 0.25) is 0 Å². The number of carboxylic acid groups (broad SMARTS) is 1. The topological polar surface area (TPSA) is 83.6 Å². The summed E-state index contributed by atoms with van der Waals surface area (Å²) in [4.78, 5) is 23.4. The molecule has 0 aliphatic rings. The smallest absolute Gasteiger partial charge is 0.323 e. The van der Waals surface area contributed by atoms with Crippen molar-refractivity contribution in [2.24, 2.45) is 11.7 Å². The molecule has 0 bridgehead atoms. The van der Waals surface area contributed by atoms with E-state index in [1.807, 2.05) is 0 Å². The Balaban J connectivity index is 4.38. The molecule has 5 heteroatoms. The number of nitrogens with zero attached hydrogens (tertiary/aromatic N) is 1. The van der Waals surface area contributed by atoms with Crippen LogP contribution in [0.1, 0.15) is 20.8 Å². The van der Waals surface area contributed by atoms with Crippen molar-refractivity contribution in [2.75, 3.05) is 13.1 Å². The van der Waals surface area contributed by atoms with Crippen LogP contribution in [0.25, 0.3) is 0 Å². The fourth-order valence-corrected chi connectivity index (χ4v) is 1.02. The molecule has 0 aliphatic carbocycles. The average Bonchev–Trinajstić information content (AvgIpc) is 2.11. The fraction of sp³-hybridized carbons (Fsp3) is 0.778. The molecule has 0 aromatic carbocycles. The van der Waals surface area contributed by atoms with Crippen molar-refractivity contribution in [3.63, 3.8) is 0 Å². The number of amides is 1. The highest BCUT2D eigenvalue weighted by Gasteiger charge is 2.23. The van der Waals surface area contributed by atoms with Gasteiger partial charge in [-0.2, -0.15) is 0 Å². The van der Waals surface area contributed by atoms with Crippen molar-refractivity contribution in [2.45, 2.75) is 26.8 Å². The standard InChI is InChI=1S/C9H18N2O3/c1-4-11(5-8(12)13)9(14)6(2)7(3)10/h6-7H,4-5,10H2,1-3H3,(H,12,13). The number of likely N-dealkylation sites (N-methyl/N-ethyl adjacent to an activating group) is 1. The first-order chi connectivity index (χ1) is 6.40. The van der Waals surface area contributed by atoms with E-state index in [2.05, 4.69) is 0 Å². The molecule has 0 spiro atoms. The summed E-state index contributed by atoms with van der Waals surface area (Å²) in [7, 11) is 0. The second-order valence-electron chi connectivity index (χ2n) is 3.39. The van der Waals surface area contributed by atoms with Gasteiger partial charge in [0.1, 0.15) is 6.54 Å². The molecule has 0 saturated heterocycles. The van der Waals surface area contributed by atoms with Gasteiger partial charge in [0.15, 0.2) is 0 Å². The summed E-state index contributed by atoms with van der Waals surface area (Å²) in [6.07, 6.45) is 0. The molecule has 0 fully saturated rings. The predicted octanol–water partition coefficient (Wildman–Crippen LogP) is -0.0972. The minimum Gasteiger partial charge on any atom is -0.480 e. The largest absolute Gasteiger partial charge is 0.480 e. The van der Waals surface area contributed by atoms with E-state index in [9.17, 15) is 9.59 Å². The lowest BCUT2D eigenvalue weighted by molar-refractivity contribution is -0.146. The number of nitrogens with two attached hydrogens (primary N) is 1. The van der Waals surface area contributed by atoms with E-state index in [0.717, 1.165) is 0 Å². The van der Waals surface area contributed by atoms with Gasteiger partial charge in [0.05, 0.1) is 5.92 Å². The molecule has 0 heterocycles. The number of carboxylic acids is 1. The van der Waals surface area contributed by atoms with Crippen LogP contribution in [0.15, 0.2) is 0 Å². The summed E-state index contributed by atoms with van der Waals surface area (Å²) in [5.74, 6) is -1.55. The molecule has 0 aromatic rings. The van der Waals surface area contributed by atoms with Gasteiger partial charge < -0.3 is 15.7 Å². The van der Waals surface area contributed by atoms with Gasteiger partial charge in [0.25, 0.3) is 0 Å². The average molecular weight is 202 g/mol. The van der Waals surface area contributed by atoms with Crippen molar-refractivity contribution < 1.29 is 14.7 Å². The molecule has 2 atom stereocenters. The van der Waals surface area contributed by atoms with Crippen molar-refractivity contribution in [3.05, 3.63) is 0 Å². The van der Waals surface area contributed by atoms with Crippen LogP contribution in [0.5, 0.6) is 0 Å². The van der Waals surface area contributed by atoms with E-state index in [-0.39, 0.29) is 24.4 Å². The van der Waals surface area contributed by atoms with Crippen LogP contribution in [0.4, 0.5) is 0 Å². The molecule has 1 amide bonds. The van der Waals surface area contributed by atoms with Crippen LogP contribution in [0.3, 0.4) is 0 Å². The molecule has 0 radical (unpaired) electrons. The molecule has 14 heavy (non-hydrogen) atoms. The van der Waals surface area contributed by atoms with E-state index in [4.69, 9.17) is 10.8 Å². The van der Waals surface area contributed by atoms with Crippen LogP contribution >= 0.6 is 0 Å². The Bertz CT molecular complexity index is 216. The van der Waals surface area contributed by atoms with Crippen LogP contribution in [0, 0.1) is 5.92 Å². The molecule has 0 aromatic heterocycles. The number of hydrogen-bond donors (Lipinski definition) is 2. The predicted molar refractivity (Wildman–Crippen MR) is 52.7 cm³/mol. The van der Waals surface area contributed by atoms with Gasteiger partial charge in [-0.25, -0.2) is 0 Å². The Morgan fingerprint density at radius 2 is 1.93 bits per heavy atom. The maximum absolute atomic E-state index is 11.6. The van der Waals surface area contributed by atoms with E-state index in [1.54, 1.807) is 20.8 Å². The molecule has 2 unspecified atom stereocenters. The number of carbonyl (C=O) groups is 2. The first kappa shape index (κ1) is 12.9. The highest BCUT2D eigenvalue weighted by Crippen LogP contribution is 2.05. The third kappa shape index (κ3) is 3.74. The molecule has 5 nitrogen and oxygen atoms in total. The fourth-order valence-electron chi connectivity index (χ4n) is 1.02. The van der Waals surface area contributed by atoms with Crippen molar-refractivity contribution >= 4 is 11.9 Å². The second-order valence-corrected chi connectivity index (χ2v) is 3.39. The molecular weight excluding hydrogens is 184 g/mol. The summed E-state index contributed by atoms with van der Waals surface area (Å²) in [5.41, 5.74) is 5.57. The Hall–Kier alpha value is -1.10. The second kappa shape index (κ2) is 5.59. The normalized spacial score (nSPS) is 14.6.